The molecule has 0 amide bonds. The van der Waals surface area contributed by atoms with Gasteiger partial charge >= 0.3 is 0 Å². The Morgan fingerprint density at radius 2 is 1.42 bits per heavy atom. The number of rotatable bonds is 4. The van der Waals surface area contributed by atoms with Crippen molar-refractivity contribution in [2.75, 3.05) is 0 Å². The molecule has 168 valence electrons. The molecule has 0 fully saturated rings. The van der Waals surface area contributed by atoms with Crippen molar-refractivity contribution in [3.8, 4) is 0 Å². The van der Waals surface area contributed by atoms with Gasteiger partial charge in [0.1, 0.15) is 0 Å². The van der Waals surface area contributed by atoms with Crippen molar-refractivity contribution in [1.82, 2.24) is 4.98 Å². The molecule has 0 atom stereocenters. The quantitative estimate of drug-likeness (QED) is 0.188. The van der Waals surface area contributed by atoms with Crippen molar-refractivity contribution in [3.05, 3.63) is 94.6 Å². The van der Waals surface area contributed by atoms with Gasteiger partial charge in [0.25, 0.3) is 0 Å². The SMILES string of the molecule is Cc1cccc(Cl)c1N=CCc1cccnc1.Cl.Cl.[CH2-]C=Nc1c(C)cccc1Cl.[Fe]. The number of aliphatic imine (C=N–C) groups is 2. The maximum absolute atomic E-state index is 6.09. The van der Waals surface area contributed by atoms with Crippen molar-refractivity contribution in [2.24, 2.45) is 9.98 Å². The molecule has 0 aliphatic carbocycles. The van der Waals surface area contributed by atoms with E-state index in [0.29, 0.717) is 10.0 Å². The van der Waals surface area contributed by atoms with E-state index in [0.717, 1.165) is 34.5 Å². The van der Waals surface area contributed by atoms with E-state index in [9.17, 15) is 0 Å². The molecular formula is C23H24Cl4FeN3-. The maximum atomic E-state index is 6.09. The van der Waals surface area contributed by atoms with Crippen LogP contribution in [0.2, 0.25) is 10.0 Å². The van der Waals surface area contributed by atoms with E-state index >= 15 is 0 Å². The summed E-state index contributed by atoms with van der Waals surface area (Å²) in [5.41, 5.74) is 4.94. The van der Waals surface area contributed by atoms with Gasteiger partial charge in [-0.05, 0) is 48.7 Å². The van der Waals surface area contributed by atoms with Crippen LogP contribution in [-0.2, 0) is 23.5 Å². The van der Waals surface area contributed by atoms with Gasteiger partial charge in [-0.15, -0.1) is 31.0 Å². The maximum Gasteiger partial charge on any atom is 0.0841 e. The molecule has 31 heavy (non-hydrogen) atoms. The van der Waals surface area contributed by atoms with E-state index in [4.69, 9.17) is 23.2 Å². The summed E-state index contributed by atoms with van der Waals surface area (Å²) in [6.45, 7) is 7.48. The van der Waals surface area contributed by atoms with Gasteiger partial charge in [-0.1, -0.05) is 53.5 Å². The zero-order valence-electron chi connectivity index (χ0n) is 17.1. The van der Waals surface area contributed by atoms with Crippen LogP contribution in [0.25, 0.3) is 0 Å². The minimum atomic E-state index is 0. The monoisotopic (exact) mass is 538 g/mol. The van der Waals surface area contributed by atoms with Crippen LogP contribution in [0.5, 0.6) is 0 Å². The van der Waals surface area contributed by atoms with Crippen molar-refractivity contribution in [3.63, 3.8) is 0 Å². The Morgan fingerprint density at radius 3 is 1.87 bits per heavy atom. The third kappa shape index (κ3) is 10.6. The van der Waals surface area contributed by atoms with Crippen LogP contribution in [0.1, 0.15) is 16.7 Å². The normalized spacial score (nSPS) is 9.81. The molecule has 2 aromatic carbocycles. The van der Waals surface area contributed by atoms with Crippen molar-refractivity contribution in [1.29, 1.82) is 0 Å². The Balaban J connectivity index is 0. The average molecular weight is 540 g/mol. The van der Waals surface area contributed by atoms with E-state index in [-0.39, 0.29) is 41.9 Å². The summed E-state index contributed by atoms with van der Waals surface area (Å²) >= 11 is 12.0. The van der Waals surface area contributed by atoms with E-state index < -0.39 is 0 Å². The fourth-order valence-corrected chi connectivity index (χ4v) is 2.97. The number of para-hydroxylation sites is 2. The van der Waals surface area contributed by atoms with E-state index in [1.165, 1.54) is 6.21 Å². The van der Waals surface area contributed by atoms with Gasteiger partial charge in [-0.3, -0.25) is 15.0 Å². The van der Waals surface area contributed by atoms with Crippen LogP contribution in [0.4, 0.5) is 11.4 Å². The average Bonchev–Trinajstić information content (AvgIpc) is 2.69. The van der Waals surface area contributed by atoms with Crippen LogP contribution in [0.3, 0.4) is 0 Å². The molecule has 0 saturated heterocycles. The van der Waals surface area contributed by atoms with Gasteiger partial charge in [0.2, 0.25) is 0 Å². The summed E-state index contributed by atoms with van der Waals surface area (Å²) in [4.78, 5) is 12.5. The molecule has 0 radical (unpaired) electrons. The summed E-state index contributed by atoms with van der Waals surface area (Å²) in [6.07, 6.45) is 7.72. The standard InChI is InChI=1S/C14H13ClN2.C9H9ClN.2ClH.Fe/c1-11-4-2-6-13(15)14(11)17-9-7-12-5-3-8-16-10-12;1-3-11-9-7(2)5-4-6-8(9)10;;;/h2-6,8-10H,7H2,1H3;3-6H,1H2,2H3;2*1H;/q;-1;;;. The number of hydrogen-bond donors (Lipinski definition) is 0. The predicted octanol–water partition coefficient (Wildman–Crippen LogP) is 8.01. The Morgan fingerprint density at radius 1 is 0.871 bits per heavy atom. The molecular weight excluding hydrogens is 516 g/mol. The zero-order chi connectivity index (χ0) is 20.4. The number of nitrogens with zero attached hydrogens (tertiary/aromatic N) is 3. The molecule has 0 saturated carbocycles. The van der Waals surface area contributed by atoms with Gasteiger partial charge in [-0.2, -0.15) is 0 Å². The number of benzene rings is 2. The van der Waals surface area contributed by atoms with Crippen molar-refractivity contribution in [2.45, 2.75) is 20.3 Å². The summed E-state index contributed by atoms with van der Waals surface area (Å²) < 4.78 is 0. The van der Waals surface area contributed by atoms with Crippen molar-refractivity contribution >= 4 is 71.8 Å². The topological polar surface area (TPSA) is 37.6 Å². The predicted molar refractivity (Wildman–Crippen MR) is 136 cm³/mol. The summed E-state index contributed by atoms with van der Waals surface area (Å²) in [7, 11) is 0. The van der Waals surface area contributed by atoms with Gasteiger partial charge in [0.05, 0.1) is 21.4 Å². The van der Waals surface area contributed by atoms with E-state index in [2.05, 4.69) is 21.9 Å². The second-order valence-electron chi connectivity index (χ2n) is 6.00. The Bertz CT molecular complexity index is 924. The zero-order valence-corrected chi connectivity index (χ0v) is 21.4. The third-order valence-electron chi connectivity index (χ3n) is 3.87. The number of hydrogen-bond acceptors (Lipinski definition) is 3. The Hall–Kier alpha value is -1.52. The summed E-state index contributed by atoms with van der Waals surface area (Å²) in [5.74, 6) is 0. The Labute approximate surface area is 217 Å². The van der Waals surface area contributed by atoms with Crippen LogP contribution in [0, 0.1) is 20.8 Å². The number of pyridine rings is 1. The van der Waals surface area contributed by atoms with Gasteiger partial charge < -0.3 is 6.92 Å². The fraction of sp³-hybridized carbons (Fsp3) is 0.130. The van der Waals surface area contributed by atoms with E-state index in [1.807, 2.05) is 74.8 Å². The molecule has 3 rings (SSSR count). The smallest absolute Gasteiger partial charge is 0.0841 e. The summed E-state index contributed by atoms with van der Waals surface area (Å²) in [6, 6.07) is 15.4. The largest absolute Gasteiger partial charge is 0.364 e. The number of aromatic nitrogens is 1. The molecule has 0 N–H and O–H groups in total. The van der Waals surface area contributed by atoms with Gasteiger partial charge in [0.15, 0.2) is 0 Å². The van der Waals surface area contributed by atoms with Crippen molar-refractivity contribution < 1.29 is 17.1 Å². The first-order chi connectivity index (χ1) is 13.5. The van der Waals surface area contributed by atoms with Gasteiger partial charge in [-0.25, -0.2) is 0 Å². The molecule has 1 heterocycles. The summed E-state index contributed by atoms with van der Waals surface area (Å²) in [5, 5.41) is 1.36. The first-order valence-electron chi connectivity index (χ1n) is 8.76. The second-order valence-corrected chi connectivity index (χ2v) is 6.81. The minimum Gasteiger partial charge on any atom is -0.364 e. The van der Waals surface area contributed by atoms with Gasteiger partial charge in [0, 0.05) is 42.1 Å². The molecule has 1 aromatic heterocycles. The molecule has 0 aliphatic heterocycles. The number of aryl methyl sites for hydroxylation is 2. The molecule has 0 aliphatic rings. The minimum absolute atomic E-state index is 0. The van der Waals surface area contributed by atoms with Crippen LogP contribution in [0.15, 0.2) is 70.9 Å². The molecule has 0 unspecified atom stereocenters. The third-order valence-corrected chi connectivity index (χ3v) is 4.48. The molecule has 0 bridgehead atoms. The molecule has 3 aromatic rings. The Kier molecular flexibility index (Phi) is 17.5. The number of halogens is 4. The second kappa shape index (κ2) is 17.1. The fourth-order valence-electron chi connectivity index (χ4n) is 2.43. The molecule has 0 spiro atoms. The van der Waals surface area contributed by atoms with Crippen LogP contribution < -0.4 is 0 Å². The molecule has 8 heteroatoms. The first-order valence-corrected chi connectivity index (χ1v) is 9.52. The van der Waals surface area contributed by atoms with Crippen LogP contribution in [-0.4, -0.2) is 17.4 Å². The molecule has 3 nitrogen and oxygen atoms in total. The van der Waals surface area contributed by atoms with E-state index in [1.54, 1.807) is 6.20 Å². The first kappa shape index (κ1) is 31.7. The van der Waals surface area contributed by atoms with Crippen LogP contribution >= 0.6 is 48.0 Å².